The number of halogens is 1. The molecule has 0 aliphatic heterocycles. The summed E-state index contributed by atoms with van der Waals surface area (Å²) in [5.41, 5.74) is 5.66. The molecule has 6 heteroatoms. The Morgan fingerprint density at radius 1 is 1.59 bits per heavy atom. The first-order valence-electron chi connectivity index (χ1n) is 5.47. The first-order chi connectivity index (χ1) is 7.83. The standard InChI is InChI=1S/C11H19N3O2.HI/c1-2-15-7-4-6-13-11(12)14-9-10-5-3-8-16-10;/h3,5,8H,2,4,6-7,9H2,1H3,(H3,12,13,14);1H. The Morgan fingerprint density at radius 3 is 3.06 bits per heavy atom. The summed E-state index contributed by atoms with van der Waals surface area (Å²) < 4.78 is 10.3. The Hall–Kier alpha value is -0.760. The van der Waals surface area contributed by atoms with Crippen LogP contribution in [0.5, 0.6) is 0 Å². The van der Waals surface area contributed by atoms with Crippen LogP contribution < -0.4 is 11.1 Å². The highest BCUT2D eigenvalue weighted by Crippen LogP contribution is 2.00. The Bertz CT molecular complexity index is 302. The van der Waals surface area contributed by atoms with Gasteiger partial charge in [-0.15, -0.1) is 24.0 Å². The van der Waals surface area contributed by atoms with E-state index in [0.717, 1.165) is 31.9 Å². The van der Waals surface area contributed by atoms with E-state index in [9.17, 15) is 0 Å². The second kappa shape index (κ2) is 10.4. The van der Waals surface area contributed by atoms with Crippen LogP contribution in [-0.4, -0.2) is 25.7 Å². The van der Waals surface area contributed by atoms with Gasteiger partial charge in [0.1, 0.15) is 12.3 Å². The highest BCUT2D eigenvalue weighted by molar-refractivity contribution is 14.0. The number of guanidine groups is 1. The summed E-state index contributed by atoms with van der Waals surface area (Å²) in [5.74, 6) is 1.24. The topological polar surface area (TPSA) is 72.8 Å². The second-order valence-electron chi connectivity index (χ2n) is 3.26. The number of hydrogen-bond acceptors (Lipinski definition) is 3. The van der Waals surface area contributed by atoms with Gasteiger partial charge in [-0.25, -0.2) is 4.99 Å². The van der Waals surface area contributed by atoms with Crippen molar-refractivity contribution in [3.05, 3.63) is 24.2 Å². The quantitative estimate of drug-likeness (QED) is 0.339. The second-order valence-corrected chi connectivity index (χ2v) is 3.26. The number of nitrogens with one attached hydrogen (secondary N) is 1. The zero-order chi connectivity index (χ0) is 11.6. The first kappa shape index (κ1) is 16.2. The summed E-state index contributed by atoms with van der Waals surface area (Å²) in [6.07, 6.45) is 2.54. The van der Waals surface area contributed by atoms with Gasteiger partial charge < -0.3 is 20.2 Å². The van der Waals surface area contributed by atoms with Crippen molar-refractivity contribution in [3.63, 3.8) is 0 Å². The molecule has 5 nitrogen and oxygen atoms in total. The van der Waals surface area contributed by atoms with Crippen molar-refractivity contribution in [2.75, 3.05) is 19.8 Å². The van der Waals surface area contributed by atoms with Crippen molar-refractivity contribution in [1.29, 1.82) is 0 Å². The highest BCUT2D eigenvalue weighted by Gasteiger charge is 1.94. The minimum absolute atomic E-state index is 0. The molecular formula is C11H20IN3O2. The molecule has 0 spiro atoms. The maximum atomic E-state index is 5.66. The molecular weight excluding hydrogens is 333 g/mol. The van der Waals surface area contributed by atoms with E-state index in [-0.39, 0.29) is 24.0 Å². The molecule has 0 saturated heterocycles. The molecule has 98 valence electrons. The van der Waals surface area contributed by atoms with Crippen molar-refractivity contribution < 1.29 is 9.15 Å². The third kappa shape index (κ3) is 8.03. The lowest BCUT2D eigenvalue weighted by Crippen LogP contribution is -2.32. The molecule has 17 heavy (non-hydrogen) atoms. The molecule has 0 saturated carbocycles. The summed E-state index contributed by atoms with van der Waals surface area (Å²) in [4.78, 5) is 4.13. The summed E-state index contributed by atoms with van der Waals surface area (Å²) in [6.45, 7) is 4.72. The number of nitrogens with zero attached hydrogens (tertiary/aromatic N) is 1. The van der Waals surface area contributed by atoms with Crippen LogP contribution in [0.2, 0.25) is 0 Å². The molecule has 0 bridgehead atoms. The van der Waals surface area contributed by atoms with Crippen LogP contribution in [0.3, 0.4) is 0 Å². The van der Waals surface area contributed by atoms with Gasteiger partial charge in [0.25, 0.3) is 0 Å². The van der Waals surface area contributed by atoms with Crippen molar-refractivity contribution in [1.82, 2.24) is 5.32 Å². The lowest BCUT2D eigenvalue weighted by atomic mass is 10.4. The predicted molar refractivity (Wildman–Crippen MR) is 78.6 cm³/mol. The minimum Gasteiger partial charge on any atom is -0.467 e. The molecule has 0 aromatic carbocycles. The monoisotopic (exact) mass is 353 g/mol. The molecule has 0 aliphatic rings. The molecule has 0 unspecified atom stereocenters. The number of nitrogens with two attached hydrogens (primary N) is 1. The van der Waals surface area contributed by atoms with Gasteiger partial charge in [0.15, 0.2) is 5.96 Å². The summed E-state index contributed by atoms with van der Waals surface area (Å²) in [6, 6.07) is 3.70. The normalized spacial score (nSPS) is 11.0. The van der Waals surface area contributed by atoms with Gasteiger partial charge >= 0.3 is 0 Å². The largest absolute Gasteiger partial charge is 0.467 e. The summed E-state index contributed by atoms with van der Waals surface area (Å²) in [7, 11) is 0. The Morgan fingerprint density at radius 2 is 2.41 bits per heavy atom. The fraction of sp³-hybridized carbons (Fsp3) is 0.545. The Balaban J connectivity index is 0.00000256. The van der Waals surface area contributed by atoms with Gasteiger partial charge in [-0.2, -0.15) is 0 Å². The van der Waals surface area contributed by atoms with E-state index in [0.29, 0.717) is 12.5 Å². The van der Waals surface area contributed by atoms with Crippen LogP contribution in [0.1, 0.15) is 19.1 Å². The van der Waals surface area contributed by atoms with Crippen LogP contribution in [0, 0.1) is 0 Å². The van der Waals surface area contributed by atoms with E-state index in [2.05, 4.69) is 10.3 Å². The van der Waals surface area contributed by atoms with E-state index in [1.54, 1.807) is 6.26 Å². The predicted octanol–water partition coefficient (Wildman–Crippen LogP) is 1.73. The van der Waals surface area contributed by atoms with Crippen LogP contribution in [0.15, 0.2) is 27.8 Å². The number of hydrogen-bond donors (Lipinski definition) is 2. The van der Waals surface area contributed by atoms with Crippen LogP contribution >= 0.6 is 24.0 Å². The average molecular weight is 353 g/mol. The van der Waals surface area contributed by atoms with Gasteiger partial charge in [0, 0.05) is 19.8 Å². The molecule has 0 atom stereocenters. The van der Waals surface area contributed by atoms with Gasteiger partial charge in [-0.3, -0.25) is 0 Å². The van der Waals surface area contributed by atoms with Crippen molar-refractivity contribution in [2.45, 2.75) is 19.9 Å². The third-order valence-electron chi connectivity index (χ3n) is 1.96. The summed E-state index contributed by atoms with van der Waals surface area (Å²) in [5, 5.41) is 3.01. The number of rotatable bonds is 7. The lowest BCUT2D eigenvalue weighted by molar-refractivity contribution is 0.145. The van der Waals surface area contributed by atoms with E-state index in [1.165, 1.54) is 0 Å². The molecule has 0 amide bonds. The van der Waals surface area contributed by atoms with Gasteiger partial charge in [-0.05, 0) is 25.5 Å². The molecule has 0 radical (unpaired) electrons. The average Bonchev–Trinajstić information content (AvgIpc) is 2.79. The van der Waals surface area contributed by atoms with Crippen molar-refractivity contribution in [3.8, 4) is 0 Å². The van der Waals surface area contributed by atoms with E-state index in [4.69, 9.17) is 14.9 Å². The van der Waals surface area contributed by atoms with Gasteiger partial charge in [-0.1, -0.05) is 0 Å². The molecule has 0 aliphatic carbocycles. The summed E-state index contributed by atoms with van der Waals surface area (Å²) >= 11 is 0. The van der Waals surface area contributed by atoms with Crippen LogP contribution in [0.4, 0.5) is 0 Å². The van der Waals surface area contributed by atoms with Gasteiger partial charge in [0.05, 0.1) is 6.26 Å². The fourth-order valence-corrected chi connectivity index (χ4v) is 1.16. The third-order valence-corrected chi connectivity index (χ3v) is 1.96. The minimum atomic E-state index is 0. The molecule has 0 fully saturated rings. The lowest BCUT2D eigenvalue weighted by Gasteiger charge is -2.04. The first-order valence-corrected chi connectivity index (χ1v) is 5.47. The molecule has 1 rings (SSSR count). The van der Waals surface area contributed by atoms with E-state index < -0.39 is 0 Å². The Kier molecular flexibility index (Phi) is 9.93. The van der Waals surface area contributed by atoms with Gasteiger partial charge in [0.2, 0.25) is 0 Å². The molecule has 3 N–H and O–H groups in total. The maximum absolute atomic E-state index is 5.66. The molecule has 1 aromatic rings. The van der Waals surface area contributed by atoms with E-state index >= 15 is 0 Å². The Labute approximate surface area is 119 Å². The highest BCUT2D eigenvalue weighted by atomic mass is 127. The van der Waals surface area contributed by atoms with E-state index in [1.807, 2.05) is 19.1 Å². The maximum Gasteiger partial charge on any atom is 0.189 e. The number of aliphatic imine (C=N–C) groups is 1. The molecule has 1 aromatic heterocycles. The zero-order valence-electron chi connectivity index (χ0n) is 10.0. The zero-order valence-corrected chi connectivity index (χ0v) is 12.3. The molecule has 1 heterocycles. The number of ether oxygens (including phenoxy) is 1. The fourth-order valence-electron chi connectivity index (χ4n) is 1.16. The number of furan rings is 1. The SMILES string of the molecule is CCOCCCNC(N)=NCc1ccco1.I. The van der Waals surface area contributed by atoms with Crippen LogP contribution in [0.25, 0.3) is 0 Å². The van der Waals surface area contributed by atoms with Crippen molar-refractivity contribution in [2.24, 2.45) is 10.7 Å². The smallest absolute Gasteiger partial charge is 0.189 e. The van der Waals surface area contributed by atoms with Crippen molar-refractivity contribution >= 4 is 29.9 Å². The van der Waals surface area contributed by atoms with Crippen LogP contribution in [-0.2, 0) is 11.3 Å².